The molecule has 8 aromatic rings. The zero-order valence-corrected chi connectivity index (χ0v) is 26.0. The van der Waals surface area contributed by atoms with E-state index in [4.69, 9.17) is 0 Å². The van der Waals surface area contributed by atoms with Gasteiger partial charge in [0.15, 0.2) is 0 Å². The van der Waals surface area contributed by atoms with Gasteiger partial charge in [0.25, 0.3) is 0 Å². The van der Waals surface area contributed by atoms with Crippen LogP contribution in [-0.2, 0) is 0 Å². The van der Waals surface area contributed by atoms with E-state index in [9.17, 15) is 0 Å². The first-order valence-electron chi connectivity index (χ1n) is 16.1. The summed E-state index contributed by atoms with van der Waals surface area (Å²) in [5.74, 6) is 0. The Bertz CT molecular complexity index is 2280. The molecular weight excluding hydrogens is 567 g/mol. The van der Waals surface area contributed by atoms with Gasteiger partial charge in [0.05, 0.1) is 0 Å². The van der Waals surface area contributed by atoms with E-state index in [1.54, 1.807) is 0 Å². The molecule has 0 aromatic heterocycles. The van der Waals surface area contributed by atoms with E-state index >= 15 is 0 Å². The maximum absolute atomic E-state index is 2.31. The smallest absolute Gasteiger partial charge is 0.0468 e. The molecule has 0 unspecified atom stereocenters. The van der Waals surface area contributed by atoms with Crippen molar-refractivity contribution in [1.29, 1.82) is 0 Å². The fourth-order valence-corrected chi connectivity index (χ4v) is 6.41. The van der Waals surface area contributed by atoms with E-state index in [0.29, 0.717) is 0 Å². The van der Waals surface area contributed by atoms with Gasteiger partial charge in [-0.1, -0.05) is 140 Å². The Labute approximate surface area is 276 Å². The van der Waals surface area contributed by atoms with Crippen LogP contribution in [0.4, 0.5) is 17.1 Å². The number of anilines is 3. The van der Waals surface area contributed by atoms with Crippen LogP contribution in [0.5, 0.6) is 0 Å². The standard InChI is InChI=1S/C46H33N/c1-5-13-34(14-6-1)29-46(35-15-7-2-8-16-35)42-26-25-38-30-36(21-22-39(38)32-42)37-23-24-41-33-45(28-27-40(41)31-37)47(43-17-9-3-10-18-43)44-19-11-4-12-20-44/h1-33H/b46-29+. The summed E-state index contributed by atoms with van der Waals surface area (Å²) in [6.07, 6.45) is 2.28. The maximum Gasteiger partial charge on any atom is 0.0468 e. The molecule has 0 radical (unpaired) electrons. The van der Waals surface area contributed by atoms with Crippen molar-refractivity contribution >= 4 is 50.3 Å². The number of benzene rings is 8. The lowest BCUT2D eigenvalue weighted by Gasteiger charge is -2.25. The number of hydrogen-bond acceptors (Lipinski definition) is 1. The van der Waals surface area contributed by atoms with Gasteiger partial charge in [-0.05, 0) is 116 Å². The van der Waals surface area contributed by atoms with Crippen molar-refractivity contribution in [3.05, 3.63) is 211 Å². The van der Waals surface area contributed by atoms with Crippen molar-refractivity contribution in [2.24, 2.45) is 0 Å². The Morgan fingerprint density at radius 1 is 0.340 bits per heavy atom. The van der Waals surface area contributed by atoms with Gasteiger partial charge in [0.2, 0.25) is 0 Å². The number of fused-ring (bicyclic) bond motifs is 2. The van der Waals surface area contributed by atoms with E-state index in [1.807, 2.05) is 0 Å². The van der Waals surface area contributed by atoms with Crippen LogP contribution in [0, 0.1) is 0 Å². The van der Waals surface area contributed by atoms with Crippen molar-refractivity contribution in [2.45, 2.75) is 0 Å². The zero-order valence-electron chi connectivity index (χ0n) is 26.0. The van der Waals surface area contributed by atoms with Crippen LogP contribution in [0.3, 0.4) is 0 Å². The van der Waals surface area contributed by atoms with Crippen LogP contribution >= 0.6 is 0 Å². The molecule has 0 aliphatic heterocycles. The van der Waals surface area contributed by atoms with Gasteiger partial charge in [-0.15, -0.1) is 0 Å². The van der Waals surface area contributed by atoms with Gasteiger partial charge in [-0.2, -0.15) is 0 Å². The Morgan fingerprint density at radius 3 is 1.40 bits per heavy atom. The first-order chi connectivity index (χ1) is 23.3. The predicted octanol–water partition coefficient (Wildman–Crippen LogP) is 12.7. The van der Waals surface area contributed by atoms with E-state index < -0.39 is 0 Å². The van der Waals surface area contributed by atoms with Crippen LogP contribution in [0.1, 0.15) is 16.7 Å². The average Bonchev–Trinajstić information content (AvgIpc) is 3.15. The highest BCUT2D eigenvalue weighted by molar-refractivity contribution is 5.97. The molecule has 8 aromatic carbocycles. The minimum absolute atomic E-state index is 1.14. The summed E-state index contributed by atoms with van der Waals surface area (Å²) in [5, 5.41) is 4.90. The summed E-state index contributed by atoms with van der Waals surface area (Å²) in [5.41, 5.74) is 10.7. The maximum atomic E-state index is 2.31. The van der Waals surface area contributed by atoms with Crippen LogP contribution in [0.25, 0.3) is 44.3 Å². The average molecular weight is 600 g/mol. The molecule has 0 aliphatic carbocycles. The minimum atomic E-state index is 1.14. The molecule has 0 atom stereocenters. The number of rotatable bonds is 7. The third-order valence-corrected chi connectivity index (χ3v) is 8.79. The third kappa shape index (κ3) is 5.95. The molecule has 0 bridgehead atoms. The van der Waals surface area contributed by atoms with Gasteiger partial charge < -0.3 is 4.90 Å². The minimum Gasteiger partial charge on any atom is -0.310 e. The van der Waals surface area contributed by atoms with Gasteiger partial charge in [0.1, 0.15) is 0 Å². The molecule has 0 amide bonds. The van der Waals surface area contributed by atoms with E-state index in [1.165, 1.54) is 54.9 Å². The number of para-hydroxylation sites is 2. The predicted molar refractivity (Wildman–Crippen MR) is 201 cm³/mol. The first-order valence-corrected chi connectivity index (χ1v) is 16.1. The van der Waals surface area contributed by atoms with Crippen LogP contribution in [0.15, 0.2) is 194 Å². The van der Waals surface area contributed by atoms with Crippen molar-refractivity contribution in [2.75, 3.05) is 4.90 Å². The monoisotopic (exact) mass is 599 g/mol. The van der Waals surface area contributed by atoms with E-state index in [-0.39, 0.29) is 0 Å². The summed E-state index contributed by atoms with van der Waals surface area (Å²) in [6, 6.07) is 69.5. The Morgan fingerprint density at radius 2 is 0.809 bits per heavy atom. The number of hydrogen-bond donors (Lipinski definition) is 0. The molecule has 0 saturated heterocycles. The second-order valence-corrected chi connectivity index (χ2v) is 11.9. The largest absolute Gasteiger partial charge is 0.310 e. The van der Waals surface area contributed by atoms with Crippen molar-refractivity contribution < 1.29 is 0 Å². The zero-order chi connectivity index (χ0) is 31.4. The van der Waals surface area contributed by atoms with Gasteiger partial charge >= 0.3 is 0 Å². The molecule has 222 valence electrons. The Balaban J connectivity index is 1.13. The highest BCUT2D eigenvalue weighted by Gasteiger charge is 2.13. The second-order valence-electron chi connectivity index (χ2n) is 11.9. The van der Waals surface area contributed by atoms with E-state index in [0.717, 1.165) is 17.1 Å². The molecule has 0 N–H and O–H groups in total. The second kappa shape index (κ2) is 12.7. The lowest BCUT2D eigenvalue weighted by Crippen LogP contribution is -2.09. The topological polar surface area (TPSA) is 3.24 Å². The number of nitrogens with zero attached hydrogens (tertiary/aromatic N) is 1. The van der Waals surface area contributed by atoms with Gasteiger partial charge in [0, 0.05) is 17.1 Å². The summed E-state index contributed by atoms with van der Waals surface area (Å²) >= 11 is 0. The molecule has 0 heterocycles. The molecule has 1 nitrogen and oxygen atoms in total. The molecule has 8 rings (SSSR count). The molecule has 0 fully saturated rings. The SMILES string of the molecule is C(=C(/c1ccccc1)c1ccc2cc(-c3ccc4cc(N(c5ccccc5)c5ccccc5)ccc4c3)ccc2c1)/c1ccccc1. The molecule has 47 heavy (non-hydrogen) atoms. The molecule has 0 spiro atoms. The highest BCUT2D eigenvalue weighted by atomic mass is 15.1. The van der Waals surface area contributed by atoms with Gasteiger partial charge in [-0.25, -0.2) is 0 Å². The molecule has 0 aliphatic rings. The van der Waals surface area contributed by atoms with Crippen LogP contribution in [-0.4, -0.2) is 0 Å². The fraction of sp³-hybridized carbons (Fsp3) is 0. The van der Waals surface area contributed by atoms with E-state index in [2.05, 4.69) is 205 Å². The normalized spacial score (nSPS) is 11.5. The quantitative estimate of drug-likeness (QED) is 0.165. The van der Waals surface area contributed by atoms with Crippen LogP contribution in [0.2, 0.25) is 0 Å². The Hall–Kier alpha value is -6.18. The van der Waals surface area contributed by atoms with Crippen molar-refractivity contribution in [3.63, 3.8) is 0 Å². The summed E-state index contributed by atoms with van der Waals surface area (Å²) in [6.45, 7) is 0. The summed E-state index contributed by atoms with van der Waals surface area (Å²) in [4.78, 5) is 2.31. The summed E-state index contributed by atoms with van der Waals surface area (Å²) < 4.78 is 0. The molecule has 1 heteroatoms. The molecule has 0 saturated carbocycles. The van der Waals surface area contributed by atoms with Crippen LogP contribution < -0.4 is 4.90 Å². The van der Waals surface area contributed by atoms with Gasteiger partial charge in [-0.3, -0.25) is 0 Å². The lowest BCUT2D eigenvalue weighted by molar-refractivity contribution is 1.29. The van der Waals surface area contributed by atoms with Crippen molar-refractivity contribution in [1.82, 2.24) is 0 Å². The first kappa shape index (κ1) is 28.3. The highest BCUT2D eigenvalue weighted by Crippen LogP contribution is 2.37. The third-order valence-electron chi connectivity index (χ3n) is 8.79. The fourth-order valence-electron chi connectivity index (χ4n) is 6.41. The molecular formula is C46H33N. The Kier molecular flexibility index (Phi) is 7.63. The lowest BCUT2D eigenvalue weighted by atomic mass is 9.92. The van der Waals surface area contributed by atoms with Crippen molar-refractivity contribution in [3.8, 4) is 11.1 Å². The summed E-state index contributed by atoms with van der Waals surface area (Å²) in [7, 11) is 0.